The van der Waals surface area contributed by atoms with Crippen molar-refractivity contribution in [3.8, 4) is 22.6 Å². The van der Waals surface area contributed by atoms with E-state index in [9.17, 15) is 19.1 Å². The number of carbonyl (C=O) groups excluding carboxylic acids is 1. The lowest BCUT2D eigenvalue weighted by Crippen LogP contribution is -2.42. The summed E-state index contributed by atoms with van der Waals surface area (Å²) >= 11 is 0. The first-order valence-electron chi connectivity index (χ1n) is 15.3. The quantitative estimate of drug-likeness (QED) is 0.200. The number of ether oxygens (including phenoxy) is 2. The Labute approximate surface area is 264 Å². The van der Waals surface area contributed by atoms with Crippen molar-refractivity contribution in [1.29, 1.82) is 0 Å². The maximum atomic E-state index is 14.5. The molecule has 1 fully saturated rings. The molecule has 236 valence electrons. The molecule has 8 heteroatoms. The van der Waals surface area contributed by atoms with Crippen molar-refractivity contribution in [2.24, 2.45) is 5.41 Å². The third-order valence-corrected chi connectivity index (χ3v) is 8.99. The molecule has 5 rings (SSSR count). The van der Waals surface area contributed by atoms with Crippen LogP contribution in [0.5, 0.6) is 11.5 Å². The molecular weight excluding hydrogens is 571 g/mol. The van der Waals surface area contributed by atoms with Gasteiger partial charge >= 0.3 is 5.97 Å². The van der Waals surface area contributed by atoms with E-state index in [-0.39, 0.29) is 12.0 Å². The number of likely N-dealkylation sites (tertiary alicyclic amines) is 1. The molecule has 0 aromatic heterocycles. The summed E-state index contributed by atoms with van der Waals surface area (Å²) in [7, 11) is 3.31. The highest BCUT2D eigenvalue weighted by molar-refractivity contribution is 6.02. The molecular formula is C37H41FN2O5. The van der Waals surface area contributed by atoms with E-state index >= 15 is 0 Å². The van der Waals surface area contributed by atoms with Crippen molar-refractivity contribution in [1.82, 2.24) is 10.2 Å². The predicted octanol–water partition coefficient (Wildman–Crippen LogP) is 7.02. The molecule has 0 aliphatic carbocycles. The summed E-state index contributed by atoms with van der Waals surface area (Å²) in [6, 6.07) is 18.7. The Morgan fingerprint density at radius 2 is 1.62 bits per heavy atom. The van der Waals surface area contributed by atoms with Crippen LogP contribution in [-0.2, 0) is 17.8 Å². The number of hydrogen-bond donors (Lipinski definition) is 2. The molecule has 1 saturated heterocycles. The van der Waals surface area contributed by atoms with Gasteiger partial charge in [-0.2, -0.15) is 0 Å². The number of hydrogen-bond acceptors (Lipinski definition) is 5. The highest BCUT2D eigenvalue weighted by Crippen LogP contribution is 2.45. The first kappa shape index (κ1) is 32.0. The summed E-state index contributed by atoms with van der Waals surface area (Å²) in [5.74, 6) is -1.25. The number of carboxylic acids is 1. The minimum atomic E-state index is -1.27. The summed E-state index contributed by atoms with van der Waals surface area (Å²) in [6.45, 7) is 9.06. The molecule has 0 radical (unpaired) electrons. The number of fused-ring (bicyclic) bond motifs is 1. The summed E-state index contributed by atoms with van der Waals surface area (Å²) in [4.78, 5) is 27.8. The van der Waals surface area contributed by atoms with Crippen LogP contribution in [0.15, 0.2) is 66.7 Å². The lowest BCUT2D eigenvalue weighted by molar-refractivity contribution is -0.139. The molecule has 1 aliphatic rings. The molecule has 0 spiro atoms. The average molecular weight is 613 g/mol. The van der Waals surface area contributed by atoms with Crippen LogP contribution < -0.4 is 14.8 Å². The number of rotatable bonds is 10. The largest absolute Gasteiger partial charge is 0.496 e. The number of aryl methyl sites for hydroxylation is 1. The third-order valence-electron chi connectivity index (χ3n) is 8.99. The van der Waals surface area contributed by atoms with Crippen LogP contribution in [0.3, 0.4) is 0 Å². The fraction of sp³-hybridized carbons (Fsp3) is 0.351. The van der Waals surface area contributed by atoms with E-state index in [2.05, 4.69) is 30.1 Å². The van der Waals surface area contributed by atoms with Crippen molar-refractivity contribution in [2.75, 3.05) is 27.3 Å². The first-order valence-corrected chi connectivity index (χ1v) is 15.3. The molecule has 1 amide bonds. The summed E-state index contributed by atoms with van der Waals surface area (Å²) < 4.78 is 26.4. The second-order valence-corrected chi connectivity index (χ2v) is 12.6. The van der Waals surface area contributed by atoms with Gasteiger partial charge in [-0.25, -0.2) is 9.18 Å². The normalized spacial score (nSPS) is 15.4. The van der Waals surface area contributed by atoms with Gasteiger partial charge in [0, 0.05) is 18.5 Å². The standard InChI is InChI=1S/C37H41FN2O5/c1-23-9-6-14-29(38)32(23)35(41)39-30(36(42)43)21-24-10-7-12-27-26(24)11-8-13-28(27)33-31(44-4)16-15-25(34(33)45-5)22-40-19-17-37(2,3)18-20-40/h6-16,30H,17-22H2,1-5H3,(H,39,41)(H,42,43)/t30-/m0/s1. The van der Waals surface area contributed by atoms with Crippen molar-refractivity contribution >= 4 is 22.6 Å². The monoisotopic (exact) mass is 612 g/mol. The molecule has 4 aromatic carbocycles. The van der Waals surface area contributed by atoms with Gasteiger partial charge in [0.05, 0.1) is 25.3 Å². The fourth-order valence-electron chi connectivity index (χ4n) is 6.29. The number of amides is 1. The van der Waals surface area contributed by atoms with Crippen molar-refractivity contribution in [2.45, 2.75) is 52.6 Å². The summed E-state index contributed by atoms with van der Waals surface area (Å²) in [6.07, 6.45) is 2.29. The number of carbonyl (C=O) groups is 2. The van der Waals surface area contributed by atoms with E-state index in [4.69, 9.17) is 9.47 Å². The molecule has 0 saturated carbocycles. The van der Waals surface area contributed by atoms with Crippen molar-refractivity contribution < 1.29 is 28.6 Å². The molecule has 45 heavy (non-hydrogen) atoms. The Bertz CT molecular complexity index is 1700. The second kappa shape index (κ2) is 13.3. The van der Waals surface area contributed by atoms with E-state index in [0.717, 1.165) is 71.3 Å². The van der Waals surface area contributed by atoms with Crippen molar-refractivity contribution in [3.05, 3.63) is 94.8 Å². The van der Waals surface area contributed by atoms with Gasteiger partial charge in [-0.15, -0.1) is 0 Å². The lowest BCUT2D eigenvalue weighted by Gasteiger charge is -2.37. The Morgan fingerprint density at radius 3 is 2.29 bits per heavy atom. The highest BCUT2D eigenvalue weighted by atomic mass is 19.1. The van der Waals surface area contributed by atoms with Gasteiger partial charge in [-0.05, 0) is 77.9 Å². The highest BCUT2D eigenvalue weighted by Gasteiger charge is 2.28. The van der Waals surface area contributed by atoms with E-state index < -0.39 is 23.7 Å². The fourth-order valence-corrected chi connectivity index (χ4v) is 6.29. The Hall–Kier alpha value is -4.43. The van der Waals surface area contributed by atoms with Crippen LogP contribution in [0.4, 0.5) is 4.39 Å². The number of benzene rings is 4. The zero-order valence-electron chi connectivity index (χ0n) is 26.6. The van der Waals surface area contributed by atoms with Gasteiger partial charge in [0.2, 0.25) is 0 Å². The average Bonchev–Trinajstić information content (AvgIpc) is 3.01. The minimum absolute atomic E-state index is 0.00891. The Morgan fingerprint density at radius 1 is 0.933 bits per heavy atom. The smallest absolute Gasteiger partial charge is 0.326 e. The number of aliphatic carboxylic acids is 1. The molecule has 1 aliphatic heterocycles. The summed E-state index contributed by atoms with van der Waals surface area (Å²) in [5, 5.41) is 14.3. The van der Waals surface area contributed by atoms with Crippen LogP contribution in [0, 0.1) is 18.2 Å². The molecule has 0 bridgehead atoms. The van der Waals surface area contributed by atoms with Crippen molar-refractivity contribution in [3.63, 3.8) is 0 Å². The van der Waals surface area contributed by atoms with Crippen LogP contribution in [0.1, 0.15) is 53.7 Å². The molecule has 2 N–H and O–H groups in total. The Balaban J connectivity index is 1.51. The minimum Gasteiger partial charge on any atom is -0.496 e. The van der Waals surface area contributed by atoms with Gasteiger partial charge in [0.1, 0.15) is 23.4 Å². The molecule has 4 aromatic rings. The maximum absolute atomic E-state index is 14.5. The van der Waals surface area contributed by atoms with E-state index in [0.29, 0.717) is 16.7 Å². The summed E-state index contributed by atoms with van der Waals surface area (Å²) in [5.41, 5.74) is 4.15. The molecule has 0 unspecified atom stereocenters. The first-order chi connectivity index (χ1) is 21.5. The predicted molar refractivity (Wildman–Crippen MR) is 175 cm³/mol. The van der Waals surface area contributed by atoms with Gasteiger partial charge < -0.3 is 19.9 Å². The van der Waals surface area contributed by atoms with Crippen LogP contribution in [-0.4, -0.2) is 55.2 Å². The van der Waals surface area contributed by atoms with Gasteiger partial charge in [0.15, 0.2) is 0 Å². The van der Waals surface area contributed by atoms with E-state index in [1.165, 1.54) is 12.1 Å². The number of nitrogens with zero attached hydrogens (tertiary/aromatic N) is 1. The third kappa shape index (κ3) is 6.81. The SMILES string of the molecule is COc1ccc(CN2CCC(C)(C)CC2)c(OC)c1-c1cccc2c(C[C@H](NC(=O)c3c(C)cccc3F)C(=O)O)cccc12. The van der Waals surface area contributed by atoms with Gasteiger partial charge in [-0.1, -0.05) is 68.4 Å². The topological polar surface area (TPSA) is 88.1 Å². The Kier molecular flexibility index (Phi) is 9.44. The van der Waals surface area contributed by atoms with E-state index in [1.807, 2.05) is 42.5 Å². The number of piperidine rings is 1. The van der Waals surface area contributed by atoms with E-state index in [1.54, 1.807) is 27.2 Å². The lowest BCUT2D eigenvalue weighted by atomic mass is 9.82. The second-order valence-electron chi connectivity index (χ2n) is 12.6. The van der Waals surface area contributed by atoms with Crippen LogP contribution >= 0.6 is 0 Å². The van der Waals surface area contributed by atoms with Crippen LogP contribution in [0.2, 0.25) is 0 Å². The van der Waals surface area contributed by atoms with Crippen LogP contribution in [0.25, 0.3) is 21.9 Å². The molecule has 1 atom stereocenters. The van der Waals surface area contributed by atoms with Gasteiger partial charge in [-0.3, -0.25) is 9.69 Å². The maximum Gasteiger partial charge on any atom is 0.326 e. The number of carboxylic acid groups (broad SMARTS) is 1. The number of methoxy groups -OCH3 is 2. The number of halogens is 1. The zero-order valence-corrected chi connectivity index (χ0v) is 26.6. The molecule has 7 nitrogen and oxygen atoms in total. The zero-order chi connectivity index (χ0) is 32.3. The molecule has 1 heterocycles. The number of nitrogens with one attached hydrogen (secondary N) is 1. The van der Waals surface area contributed by atoms with Gasteiger partial charge in [0.25, 0.3) is 5.91 Å².